The van der Waals surface area contributed by atoms with E-state index in [2.05, 4.69) is 10.3 Å². The maximum absolute atomic E-state index is 12.2. The molecule has 1 heterocycles. The van der Waals surface area contributed by atoms with Crippen molar-refractivity contribution in [1.29, 1.82) is 0 Å². The minimum atomic E-state index is -0.540. The van der Waals surface area contributed by atoms with Crippen LogP contribution in [0.2, 0.25) is 5.02 Å². The van der Waals surface area contributed by atoms with Crippen molar-refractivity contribution in [2.75, 3.05) is 6.61 Å². The Morgan fingerprint density at radius 2 is 2.16 bits per heavy atom. The van der Waals surface area contributed by atoms with Gasteiger partial charge in [0, 0.05) is 16.6 Å². The zero-order chi connectivity index (χ0) is 18.4. The predicted octanol–water partition coefficient (Wildman–Crippen LogP) is 4.23. The van der Waals surface area contributed by atoms with E-state index in [1.807, 2.05) is 26.0 Å². The van der Waals surface area contributed by atoms with Gasteiger partial charge in [0.25, 0.3) is 5.91 Å². The van der Waals surface area contributed by atoms with Crippen LogP contribution in [0.1, 0.15) is 42.1 Å². The lowest BCUT2D eigenvalue weighted by atomic mass is 10.2. The molecular weight excluding hydrogens is 360 g/mol. The van der Waals surface area contributed by atoms with Crippen LogP contribution >= 0.6 is 22.9 Å². The highest BCUT2D eigenvalue weighted by molar-refractivity contribution is 7.17. The third-order valence-corrected chi connectivity index (χ3v) is 4.94. The van der Waals surface area contributed by atoms with Gasteiger partial charge in [0.2, 0.25) is 0 Å². The first-order valence-electron chi connectivity index (χ1n) is 8.10. The Bertz CT molecular complexity index is 761. The van der Waals surface area contributed by atoms with Gasteiger partial charge >= 0.3 is 5.97 Å². The Morgan fingerprint density at radius 1 is 1.40 bits per heavy atom. The zero-order valence-electron chi connectivity index (χ0n) is 14.5. The van der Waals surface area contributed by atoms with Crippen LogP contribution in [0.5, 0.6) is 0 Å². The Morgan fingerprint density at radius 3 is 2.84 bits per heavy atom. The molecule has 0 aliphatic heterocycles. The molecule has 1 amide bonds. The van der Waals surface area contributed by atoms with Crippen molar-refractivity contribution in [1.82, 2.24) is 10.3 Å². The summed E-state index contributed by atoms with van der Waals surface area (Å²) in [6.45, 7) is 5.42. The fraction of sp³-hybridized carbons (Fsp3) is 0.389. The zero-order valence-corrected chi connectivity index (χ0v) is 16.0. The molecule has 2 aromatic rings. The van der Waals surface area contributed by atoms with Crippen molar-refractivity contribution >= 4 is 34.8 Å². The quantitative estimate of drug-likeness (QED) is 0.729. The summed E-state index contributed by atoms with van der Waals surface area (Å²) < 4.78 is 5.12. The highest BCUT2D eigenvalue weighted by Crippen LogP contribution is 2.29. The van der Waals surface area contributed by atoms with Crippen LogP contribution in [0.4, 0.5) is 0 Å². The third kappa shape index (κ3) is 5.54. The highest BCUT2D eigenvalue weighted by Gasteiger charge is 2.19. The van der Waals surface area contributed by atoms with Gasteiger partial charge in [-0.3, -0.25) is 4.79 Å². The summed E-state index contributed by atoms with van der Waals surface area (Å²) in [6, 6.07) is 7.34. The average Bonchev–Trinajstić information content (AvgIpc) is 2.95. The molecule has 2 rings (SSSR count). The Kier molecular flexibility index (Phi) is 6.96. The number of ether oxygens (including phenoxy) is 1. The molecule has 5 nitrogen and oxygen atoms in total. The Hall–Kier alpha value is -1.92. The Balaban J connectivity index is 1.99. The molecule has 0 fully saturated rings. The normalized spacial score (nSPS) is 11.8. The molecule has 0 spiro atoms. The second kappa shape index (κ2) is 8.97. The molecule has 0 aliphatic rings. The van der Waals surface area contributed by atoms with Gasteiger partial charge in [-0.15, -0.1) is 11.3 Å². The fourth-order valence-electron chi connectivity index (χ4n) is 2.35. The maximum atomic E-state index is 12.2. The molecule has 1 N–H and O–H groups in total. The van der Waals surface area contributed by atoms with Crippen LogP contribution in [0.25, 0.3) is 10.6 Å². The summed E-state index contributed by atoms with van der Waals surface area (Å²) in [6.07, 6.45) is 1.87. The molecule has 0 saturated carbocycles. The van der Waals surface area contributed by atoms with Crippen molar-refractivity contribution < 1.29 is 14.3 Å². The number of nitrogens with zero attached hydrogens (tertiary/aromatic N) is 1. The minimum absolute atomic E-state index is 0.0655. The summed E-state index contributed by atoms with van der Waals surface area (Å²) in [7, 11) is 0. The van der Waals surface area contributed by atoms with Gasteiger partial charge in [-0.1, -0.05) is 37.1 Å². The number of aryl methyl sites for hydroxylation is 1. The smallest absolute Gasteiger partial charge is 0.350 e. The van der Waals surface area contributed by atoms with E-state index >= 15 is 0 Å². The van der Waals surface area contributed by atoms with Crippen LogP contribution in [0.15, 0.2) is 24.3 Å². The van der Waals surface area contributed by atoms with Crippen LogP contribution in [-0.2, 0) is 9.53 Å². The molecule has 0 radical (unpaired) electrons. The van der Waals surface area contributed by atoms with E-state index in [1.54, 1.807) is 19.1 Å². The number of carbonyl (C=O) groups excluding carboxylic acids is 2. The molecule has 1 atom stereocenters. The second-order valence-electron chi connectivity index (χ2n) is 5.78. The number of carbonyl (C=O) groups is 2. The molecule has 0 aliphatic carbocycles. The maximum Gasteiger partial charge on any atom is 0.350 e. The first-order chi connectivity index (χ1) is 11.9. The van der Waals surface area contributed by atoms with Gasteiger partial charge in [-0.05, 0) is 32.4 Å². The number of esters is 1. The lowest BCUT2D eigenvalue weighted by Gasteiger charge is -2.12. The summed E-state index contributed by atoms with van der Waals surface area (Å²) in [4.78, 5) is 28.8. The minimum Gasteiger partial charge on any atom is -0.451 e. The number of hydrogen-bond donors (Lipinski definition) is 1. The molecular formula is C18H21ClN2O3S. The fourth-order valence-corrected chi connectivity index (χ4v) is 3.50. The van der Waals surface area contributed by atoms with E-state index in [1.165, 1.54) is 11.3 Å². The average molecular weight is 381 g/mol. The van der Waals surface area contributed by atoms with Crippen molar-refractivity contribution in [3.8, 4) is 10.6 Å². The van der Waals surface area contributed by atoms with Gasteiger partial charge in [0.05, 0.1) is 5.69 Å². The van der Waals surface area contributed by atoms with Crippen molar-refractivity contribution in [3.63, 3.8) is 0 Å². The van der Waals surface area contributed by atoms with E-state index < -0.39 is 5.97 Å². The number of benzene rings is 1. The highest BCUT2D eigenvalue weighted by atomic mass is 35.5. The van der Waals surface area contributed by atoms with E-state index in [0.717, 1.165) is 18.4 Å². The number of nitrogens with one attached hydrogen (secondary N) is 1. The molecule has 134 valence electrons. The van der Waals surface area contributed by atoms with E-state index in [9.17, 15) is 9.59 Å². The van der Waals surface area contributed by atoms with Gasteiger partial charge in [-0.25, -0.2) is 9.78 Å². The second-order valence-corrected chi connectivity index (χ2v) is 7.21. The lowest BCUT2D eigenvalue weighted by molar-refractivity contribution is -0.124. The van der Waals surface area contributed by atoms with Crippen molar-refractivity contribution in [3.05, 3.63) is 39.9 Å². The van der Waals surface area contributed by atoms with Crippen molar-refractivity contribution in [2.45, 2.75) is 39.7 Å². The Labute approximate surface area is 156 Å². The van der Waals surface area contributed by atoms with Gasteiger partial charge in [-0.2, -0.15) is 0 Å². The number of thiazole rings is 1. The SMILES string of the molecule is CCC[C@@H](C)NC(=O)COC(=O)c1sc(-c2cccc(Cl)c2)nc1C. The molecule has 0 bridgehead atoms. The first-order valence-corrected chi connectivity index (χ1v) is 9.30. The number of halogens is 1. The molecule has 0 unspecified atom stereocenters. The predicted molar refractivity (Wildman–Crippen MR) is 100 cm³/mol. The van der Waals surface area contributed by atoms with E-state index in [0.29, 0.717) is 20.6 Å². The third-order valence-electron chi connectivity index (χ3n) is 3.52. The molecule has 1 aromatic heterocycles. The van der Waals surface area contributed by atoms with Gasteiger partial charge < -0.3 is 10.1 Å². The molecule has 25 heavy (non-hydrogen) atoms. The monoisotopic (exact) mass is 380 g/mol. The topological polar surface area (TPSA) is 68.3 Å². The molecule has 0 saturated heterocycles. The lowest BCUT2D eigenvalue weighted by Crippen LogP contribution is -2.35. The van der Waals surface area contributed by atoms with Crippen LogP contribution in [0, 0.1) is 6.92 Å². The summed E-state index contributed by atoms with van der Waals surface area (Å²) in [5, 5.41) is 4.09. The van der Waals surface area contributed by atoms with E-state index in [4.69, 9.17) is 16.3 Å². The number of rotatable bonds is 7. The number of amides is 1. The van der Waals surface area contributed by atoms with Crippen LogP contribution in [0.3, 0.4) is 0 Å². The number of hydrogen-bond acceptors (Lipinski definition) is 5. The van der Waals surface area contributed by atoms with Crippen molar-refractivity contribution in [2.24, 2.45) is 0 Å². The summed E-state index contributed by atoms with van der Waals surface area (Å²) in [5.41, 5.74) is 1.41. The standard InChI is InChI=1S/C18H21ClN2O3S/c1-4-6-11(2)20-15(22)10-24-18(23)16-12(3)21-17(25-16)13-7-5-8-14(19)9-13/h5,7-9,11H,4,6,10H2,1-3H3,(H,20,22)/t11-/m1/s1. The van der Waals surface area contributed by atoms with Gasteiger partial charge in [0.1, 0.15) is 9.88 Å². The number of aromatic nitrogens is 1. The van der Waals surface area contributed by atoms with Crippen LogP contribution < -0.4 is 5.32 Å². The molecule has 7 heteroatoms. The van der Waals surface area contributed by atoms with Gasteiger partial charge in [0.15, 0.2) is 6.61 Å². The first kappa shape index (κ1) is 19.4. The molecule has 1 aromatic carbocycles. The largest absolute Gasteiger partial charge is 0.451 e. The van der Waals surface area contributed by atoms with Crippen LogP contribution in [-0.4, -0.2) is 29.5 Å². The summed E-state index contributed by atoms with van der Waals surface area (Å²) >= 11 is 7.22. The summed E-state index contributed by atoms with van der Waals surface area (Å²) in [5.74, 6) is -0.840. The van der Waals surface area contributed by atoms with E-state index in [-0.39, 0.29) is 18.6 Å².